The smallest absolute Gasteiger partial charge is 0.235 e. The van der Waals surface area contributed by atoms with Gasteiger partial charge in [-0.1, -0.05) is 31.5 Å². The summed E-state index contributed by atoms with van der Waals surface area (Å²) in [5.74, 6) is 0.681. The van der Waals surface area contributed by atoms with Gasteiger partial charge in [-0.25, -0.2) is 0 Å². The zero-order valence-electron chi connectivity index (χ0n) is 12.4. The van der Waals surface area contributed by atoms with Crippen molar-refractivity contribution in [2.75, 3.05) is 26.8 Å². The minimum absolute atomic E-state index is 0.135. The highest BCUT2D eigenvalue weighted by molar-refractivity contribution is 7.80. The van der Waals surface area contributed by atoms with Gasteiger partial charge in [0, 0.05) is 26.8 Å². The molecule has 2 aliphatic rings. The molecular weight excluding hydrogens is 272 g/mol. The number of rotatable bonds is 4. The van der Waals surface area contributed by atoms with Gasteiger partial charge in [0.05, 0.1) is 10.4 Å². The number of nitrogens with two attached hydrogens (primary N) is 1. The maximum absolute atomic E-state index is 12.9. The van der Waals surface area contributed by atoms with Crippen molar-refractivity contribution in [2.45, 2.75) is 44.9 Å². The Morgan fingerprint density at radius 3 is 2.45 bits per heavy atom. The van der Waals surface area contributed by atoms with Crippen LogP contribution in [0.2, 0.25) is 0 Å². The molecule has 0 bridgehead atoms. The zero-order valence-corrected chi connectivity index (χ0v) is 13.2. The molecule has 0 aromatic rings. The molecule has 1 saturated heterocycles. The lowest BCUT2D eigenvalue weighted by molar-refractivity contribution is -0.139. The maximum atomic E-state index is 12.9. The van der Waals surface area contributed by atoms with Gasteiger partial charge in [-0.3, -0.25) is 4.79 Å². The van der Waals surface area contributed by atoms with Crippen LogP contribution in [0.3, 0.4) is 0 Å². The van der Waals surface area contributed by atoms with Crippen molar-refractivity contribution in [2.24, 2.45) is 17.1 Å². The van der Waals surface area contributed by atoms with Crippen molar-refractivity contribution in [3.8, 4) is 0 Å². The van der Waals surface area contributed by atoms with Crippen LogP contribution in [0.4, 0.5) is 0 Å². The zero-order chi connectivity index (χ0) is 14.6. The molecule has 1 saturated carbocycles. The second-order valence-electron chi connectivity index (χ2n) is 6.25. The van der Waals surface area contributed by atoms with Crippen molar-refractivity contribution in [3.05, 3.63) is 0 Å². The van der Waals surface area contributed by atoms with Gasteiger partial charge in [-0.15, -0.1) is 0 Å². The molecular formula is C15H26N2O2S. The van der Waals surface area contributed by atoms with E-state index < -0.39 is 5.41 Å². The van der Waals surface area contributed by atoms with Gasteiger partial charge in [0.25, 0.3) is 0 Å². The third-order valence-electron chi connectivity index (χ3n) is 4.81. The van der Waals surface area contributed by atoms with E-state index in [0.717, 1.165) is 58.3 Å². The van der Waals surface area contributed by atoms with E-state index >= 15 is 0 Å². The van der Waals surface area contributed by atoms with Crippen LogP contribution in [-0.2, 0) is 9.53 Å². The SMILES string of the molecule is CN(CC1CCOCC1)C(=O)C1(C(N)=S)CCCCC1. The fourth-order valence-corrected chi connectivity index (χ4v) is 3.78. The molecule has 1 heterocycles. The molecule has 0 atom stereocenters. The number of hydrogen-bond donors (Lipinski definition) is 1. The summed E-state index contributed by atoms with van der Waals surface area (Å²) in [6.45, 7) is 2.42. The number of thiocarbonyl (C=S) groups is 1. The van der Waals surface area contributed by atoms with Gasteiger partial charge in [-0.05, 0) is 31.6 Å². The molecule has 0 aromatic carbocycles. The summed E-state index contributed by atoms with van der Waals surface area (Å²) in [5.41, 5.74) is 5.36. The fourth-order valence-electron chi connectivity index (χ4n) is 3.49. The monoisotopic (exact) mass is 298 g/mol. The van der Waals surface area contributed by atoms with E-state index in [4.69, 9.17) is 22.7 Å². The summed E-state index contributed by atoms with van der Waals surface area (Å²) in [7, 11) is 1.90. The van der Waals surface area contributed by atoms with Gasteiger partial charge < -0.3 is 15.4 Å². The van der Waals surface area contributed by atoms with Crippen molar-refractivity contribution in [3.63, 3.8) is 0 Å². The summed E-state index contributed by atoms with van der Waals surface area (Å²) < 4.78 is 5.37. The van der Waals surface area contributed by atoms with Crippen LogP contribution in [0.5, 0.6) is 0 Å². The molecule has 114 valence electrons. The molecule has 0 aromatic heterocycles. The molecule has 20 heavy (non-hydrogen) atoms. The summed E-state index contributed by atoms with van der Waals surface area (Å²) >= 11 is 5.24. The highest BCUT2D eigenvalue weighted by Crippen LogP contribution is 2.38. The topological polar surface area (TPSA) is 55.6 Å². The van der Waals surface area contributed by atoms with E-state index in [9.17, 15) is 4.79 Å². The molecule has 4 nitrogen and oxygen atoms in total. The van der Waals surface area contributed by atoms with Gasteiger partial charge in [0.2, 0.25) is 5.91 Å². The molecule has 2 N–H and O–H groups in total. The molecule has 5 heteroatoms. The summed E-state index contributed by atoms with van der Waals surface area (Å²) in [5, 5.41) is 0. The lowest BCUT2D eigenvalue weighted by Gasteiger charge is -2.39. The Balaban J connectivity index is 2.01. The lowest BCUT2D eigenvalue weighted by atomic mass is 9.73. The molecule has 2 fully saturated rings. The van der Waals surface area contributed by atoms with Gasteiger partial charge in [-0.2, -0.15) is 0 Å². The normalized spacial score (nSPS) is 23.2. The molecule has 1 aliphatic heterocycles. The quantitative estimate of drug-likeness (QED) is 0.808. The Labute approximate surface area is 127 Å². The molecule has 2 rings (SSSR count). The number of carbonyl (C=O) groups is 1. The van der Waals surface area contributed by atoms with Crippen LogP contribution in [0.1, 0.15) is 44.9 Å². The molecule has 0 spiro atoms. The summed E-state index contributed by atoms with van der Waals surface area (Å²) in [6, 6.07) is 0. The molecule has 0 radical (unpaired) electrons. The molecule has 0 unspecified atom stereocenters. The third-order valence-corrected chi connectivity index (χ3v) is 5.20. The van der Waals surface area contributed by atoms with E-state index in [1.54, 1.807) is 0 Å². The summed E-state index contributed by atoms with van der Waals surface area (Å²) in [6.07, 6.45) is 7.00. The number of hydrogen-bond acceptors (Lipinski definition) is 3. The number of carbonyl (C=O) groups excluding carboxylic acids is 1. The number of ether oxygens (including phenoxy) is 1. The minimum Gasteiger partial charge on any atom is -0.392 e. The standard InChI is InChI=1S/C15H26N2O2S/c1-17(11-12-5-9-19-10-6-12)14(18)15(13(16)20)7-3-2-4-8-15/h12H,2-11H2,1H3,(H2,16,20). The van der Waals surface area contributed by atoms with E-state index in [1.807, 2.05) is 11.9 Å². The first-order chi connectivity index (χ1) is 9.56. The first-order valence-electron chi connectivity index (χ1n) is 7.69. The molecule has 1 aliphatic carbocycles. The lowest BCUT2D eigenvalue weighted by Crippen LogP contribution is -2.51. The Morgan fingerprint density at radius 2 is 1.90 bits per heavy atom. The second kappa shape index (κ2) is 6.85. The van der Waals surface area contributed by atoms with Crippen LogP contribution >= 0.6 is 12.2 Å². The average Bonchev–Trinajstić information content (AvgIpc) is 2.48. The van der Waals surface area contributed by atoms with E-state index in [2.05, 4.69) is 0 Å². The number of amides is 1. The van der Waals surface area contributed by atoms with E-state index in [-0.39, 0.29) is 5.91 Å². The largest absolute Gasteiger partial charge is 0.392 e. The first kappa shape index (κ1) is 15.7. The van der Waals surface area contributed by atoms with Crippen molar-refractivity contribution >= 4 is 23.1 Å². The van der Waals surface area contributed by atoms with Gasteiger partial charge in [0.15, 0.2) is 0 Å². The third kappa shape index (κ3) is 3.31. The number of nitrogens with zero attached hydrogens (tertiary/aromatic N) is 1. The Kier molecular flexibility index (Phi) is 5.38. The Morgan fingerprint density at radius 1 is 1.30 bits per heavy atom. The average molecular weight is 298 g/mol. The van der Waals surface area contributed by atoms with Gasteiger partial charge >= 0.3 is 0 Å². The Bertz CT molecular complexity index is 361. The van der Waals surface area contributed by atoms with Crippen LogP contribution in [0.15, 0.2) is 0 Å². The fraction of sp³-hybridized carbons (Fsp3) is 0.867. The van der Waals surface area contributed by atoms with Crippen LogP contribution < -0.4 is 5.73 Å². The predicted molar refractivity (Wildman–Crippen MR) is 83.5 cm³/mol. The molecule has 1 amide bonds. The minimum atomic E-state index is -0.576. The highest BCUT2D eigenvalue weighted by atomic mass is 32.1. The van der Waals surface area contributed by atoms with Crippen molar-refractivity contribution in [1.82, 2.24) is 4.90 Å². The van der Waals surface area contributed by atoms with Crippen LogP contribution in [-0.4, -0.2) is 42.6 Å². The van der Waals surface area contributed by atoms with Crippen LogP contribution in [0.25, 0.3) is 0 Å². The van der Waals surface area contributed by atoms with E-state index in [1.165, 1.54) is 6.42 Å². The van der Waals surface area contributed by atoms with Gasteiger partial charge in [0.1, 0.15) is 0 Å². The second-order valence-corrected chi connectivity index (χ2v) is 6.69. The summed E-state index contributed by atoms with van der Waals surface area (Å²) in [4.78, 5) is 15.1. The maximum Gasteiger partial charge on any atom is 0.235 e. The van der Waals surface area contributed by atoms with Crippen molar-refractivity contribution < 1.29 is 9.53 Å². The van der Waals surface area contributed by atoms with E-state index in [0.29, 0.717) is 10.9 Å². The Hall–Kier alpha value is -0.680. The van der Waals surface area contributed by atoms with Crippen molar-refractivity contribution in [1.29, 1.82) is 0 Å². The first-order valence-corrected chi connectivity index (χ1v) is 8.10. The predicted octanol–water partition coefficient (Wildman–Crippen LogP) is 2.11. The van der Waals surface area contributed by atoms with Crippen LogP contribution in [0, 0.1) is 11.3 Å². The highest BCUT2D eigenvalue weighted by Gasteiger charge is 2.44.